The lowest BCUT2D eigenvalue weighted by molar-refractivity contribution is -0.119. The van der Waals surface area contributed by atoms with Gasteiger partial charge in [-0.1, -0.05) is 0 Å². The SMILES string of the molecule is CC(=O)N[C@@H](C)COC1=C(F)c2oc(-c3ncc(OCC4CC4(F)F)cc3F)nc2CN1. The van der Waals surface area contributed by atoms with Crippen LogP contribution in [0.2, 0.25) is 0 Å². The van der Waals surface area contributed by atoms with Crippen molar-refractivity contribution < 1.29 is 36.2 Å². The number of fused-ring (bicyclic) bond motifs is 1. The van der Waals surface area contributed by atoms with Crippen molar-refractivity contribution in [1.82, 2.24) is 20.6 Å². The molecule has 1 amide bonds. The number of pyridine rings is 1. The van der Waals surface area contributed by atoms with Crippen LogP contribution in [0.1, 0.15) is 31.7 Å². The third-order valence-electron chi connectivity index (χ3n) is 4.87. The summed E-state index contributed by atoms with van der Waals surface area (Å²) >= 11 is 0. The summed E-state index contributed by atoms with van der Waals surface area (Å²) in [6.45, 7) is 2.88. The van der Waals surface area contributed by atoms with Gasteiger partial charge in [0.2, 0.25) is 23.5 Å². The zero-order chi connectivity index (χ0) is 23.0. The molecule has 0 radical (unpaired) electrons. The molecule has 2 atom stereocenters. The molecule has 1 aliphatic carbocycles. The van der Waals surface area contributed by atoms with Crippen molar-refractivity contribution in [3.8, 4) is 17.3 Å². The molecular weight excluding hydrogens is 436 g/mol. The minimum Gasteiger partial charge on any atom is -0.491 e. The standard InChI is InChI=1S/C20H20F4N4O4/c1-9(27-10(2)29)7-31-18-15(22)17-14(6-26-18)28-19(32-17)16-13(21)3-12(5-25-16)30-8-11-4-20(11,23)24/h3,5,9,11,26H,4,6-8H2,1-2H3,(H,27,29)/t9-,11?/m0/s1. The normalized spacial score (nSPS) is 19.6. The Kier molecular flexibility index (Phi) is 5.70. The molecule has 172 valence electrons. The van der Waals surface area contributed by atoms with Gasteiger partial charge in [0.1, 0.15) is 18.1 Å². The van der Waals surface area contributed by atoms with Crippen LogP contribution in [0.3, 0.4) is 0 Å². The van der Waals surface area contributed by atoms with Crippen molar-refractivity contribution in [1.29, 1.82) is 0 Å². The van der Waals surface area contributed by atoms with E-state index in [0.717, 1.165) is 12.3 Å². The summed E-state index contributed by atoms with van der Waals surface area (Å²) in [6, 6.07) is 0.625. The highest BCUT2D eigenvalue weighted by Gasteiger charge is 2.57. The molecule has 0 bridgehead atoms. The van der Waals surface area contributed by atoms with Crippen molar-refractivity contribution in [2.75, 3.05) is 13.2 Å². The number of hydrogen-bond donors (Lipinski definition) is 2. The molecule has 3 heterocycles. The lowest BCUT2D eigenvalue weighted by atomic mass is 10.2. The zero-order valence-corrected chi connectivity index (χ0v) is 17.2. The van der Waals surface area contributed by atoms with Crippen molar-refractivity contribution in [2.24, 2.45) is 5.92 Å². The van der Waals surface area contributed by atoms with Crippen LogP contribution in [-0.4, -0.2) is 41.1 Å². The fourth-order valence-electron chi connectivity index (χ4n) is 3.10. The Morgan fingerprint density at radius 1 is 1.41 bits per heavy atom. The van der Waals surface area contributed by atoms with E-state index in [-0.39, 0.29) is 72.8 Å². The minimum absolute atomic E-state index is 0.0100. The van der Waals surface area contributed by atoms with Gasteiger partial charge in [-0.15, -0.1) is 0 Å². The molecule has 2 aliphatic rings. The number of alkyl halides is 2. The highest BCUT2D eigenvalue weighted by molar-refractivity contribution is 5.73. The summed E-state index contributed by atoms with van der Waals surface area (Å²) in [7, 11) is 0. The van der Waals surface area contributed by atoms with Gasteiger partial charge in [-0.2, -0.15) is 4.39 Å². The highest BCUT2D eigenvalue weighted by Crippen LogP contribution is 2.48. The van der Waals surface area contributed by atoms with Crippen molar-refractivity contribution in [3.63, 3.8) is 0 Å². The fourth-order valence-corrected chi connectivity index (χ4v) is 3.10. The first kappa shape index (κ1) is 21.9. The lowest BCUT2D eigenvalue weighted by Crippen LogP contribution is -2.35. The third-order valence-corrected chi connectivity index (χ3v) is 4.87. The van der Waals surface area contributed by atoms with Crippen molar-refractivity contribution >= 4 is 11.7 Å². The number of amides is 1. The molecule has 32 heavy (non-hydrogen) atoms. The molecule has 0 saturated heterocycles. The number of carbonyl (C=O) groups is 1. The molecule has 1 unspecified atom stereocenters. The predicted molar refractivity (Wildman–Crippen MR) is 102 cm³/mol. The van der Waals surface area contributed by atoms with Gasteiger partial charge in [0, 0.05) is 19.4 Å². The Balaban J connectivity index is 1.45. The van der Waals surface area contributed by atoms with Gasteiger partial charge in [-0.05, 0) is 6.92 Å². The quantitative estimate of drug-likeness (QED) is 0.589. The van der Waals surface area contributed by atoms with E-state index in [1.54, 1.807) is 6.92 Å². The first-order valence-corrected chi connectivity index (χ1v) is 9.84. The van der Waals surface area contributed by atoms with E-state index in [0.29, 0.717) is 0 Å². The summed E-state index contributed by atoms with van der Waals surface area (Å²) in [5.41, 5.74) is -0.0877. The van der Waals surface area contributed by atoms with E-state index >= 15 is 0 Å². The van der Waals surface area contributed by atoms with E-state index in [1.807, 2.05) is 0 Å². The smallest absolute Gasteiger partial charge is 0.255 e. The van der Waals surface area contributed by atoms with Crippen molar-refractivity contribution in [3.05, 3.63) is 35.4 Å². The van der Waals surface area contributed by atoms with Crippen LogP contribution >= 0.6 is 0 Å². The van der Waals surface area contributed by atoms with Gasteiger partial charge >= 0.3 is 0 Å². The Hall–Kier alpha value is -3.31. The van der Waals surface area contributed by atoms with Gasteiger partial charge in [-0.25, -0.2) is 23.1 Å². The number of oxazole rings is 1. The summed E-state index contributed by atoms with van der Waals surface area (Å²) in [5, 5.41) is 5.32. The van der Waals surface area contributed by atoms with Crippen LogP contribution in [0.5, 0.6) is 5.75 Å². The van der Waals surface area contributed by atoms with Crippen LogP contribution in [0, 0.1) is 11.7 Å². The monoisotopic (exact) mass is 456 g/mol. The summed E-state index contributed by atoms with van der Waals surface area (Å²) < 4.78 is 71.0. The fraction of sp³-hybridized carbons (Fsp3) is 0.450. The van der Waals surface area contributed by atoms with E-state index in [4.69, 9.17) is 13.9 Å². The molecule has 1 aliphatic heterocycles. The van der Waals surface area contributed by atoms with Gasteiger partial charge in [-0.3, -0.25) is 4.79 Å². The molecule has 4 rings (SSSR count). The third kappa shape index (κ3) is 4.63. The second kappa shape index (κ2) is 8.32. The van der Waals surface area contributed by atoms with Gasteiger partial charge in [0.25, 0.3) is 5.92 Å². The number of halogens is 4. The number of carbonyl (C=O) groups excluding carboxylic acids is 1. The minimum atomic E-state index is -2.74. The second-order valence-corrected chi connectivity index (χ2v) is 7.68. The molecule has 2 aromatic heterocycles. The van der Waals surface area contributed by atoms with E-state index in [2.05, 4.69) is 20.6 Å². The zero-order valence-electron chi connectivity index (χ0n) is 17.2. The van der Waals surface area contributed by atoms with E-state index < -0.39 is 23.5 Å². The van der Waals surface area contributed by atoms with Gasteiger partial charge in [0.15, 0.2) is 17.3 Å². The van der Waals surface area contributed by atoms with Crippen LogP contribution in [-0.2, 0) is 16.1 Å². The summed E-state index contributed by atoms with van der Waals surface area (Å²) in [6.07, 6.45) is 0.901. The van der Waals surface area contributed by atoms with Crippen LogP contribution < -0.4 is 15.4 Å². The average molecular weight is 456 g/mol. The van der Waals surface area contributed by atoms with Crippen LogP contribution in [0.25, 0.3) is 17.4 Å². The average Bonchev–Trinajstić information content (AvgIpc) is 3.12. The molecular formula is C20H20F4N4O4. The first-order chi connectivity index (χ1) is 15.1. The Morgan fingerprint density at radius 2 is 2.16 bits per heavy atom. The maximum absolute atomic E-state index is 14.8. The second-order valence-electron chi connectivity index (χ2n) is 7.68. The predicted octanol–water partition coefficient (Wildman–Crippen LogP) is 3.15. The van der Waals surface area contributed by atoms with E-state index in [1.165, 1.54) is 6.92 Å². The number of ether oxygens (including phenoxy) is 2. The molecule has 0 aromatic carbocycles. The molecule has 1 fully saturated rings. The van der Waals surface area contributed by atoms with Crippen molar-refractivity contribution in [2.45, 2.75) is 38.8 Å². The highest BCUT2D eigenvalue weighted by atomic mass is 19.3. The number of nitrogens with one attached hydrogen (secondary N) is 2. The van der Waals surface area contributed by atoms with Gasteiger partial charge < -0.3 is 24.5 Å². The maximum atomic E-state index is 14.8. The summed E-state index contributed by atoms with van der Waals surface area (Å²) in [4.78, 5) is 19.0. The first-order valence-electron chi connectivity index (χ1n) is 9.84. The Bertz CT molecular complexity index is 1070. The van der Waals surface area contributed by atoms with Crippen LogP contribution in [0.15, 0.2) is 22.6 Å². The molecule has 12 heteroatoms. The number of aromatic nitrogens is 2. The Morgan fingerprint density at radius 3 is 2.81 bits per heavy atom. The van der Waals surface area contributed by atoms with Crippen LogP contribution in [0.4, 0.5) is 17.6 Å². The number of nitrogens with zero attached hydrogens (tertiary/aromatic N) is 2. The number of hydrogen-bond acceptors (Lipinski definition) is 7. The molecule has 1 saturated carbocycles. The maximum Gasteiger partial charge on any atom is 0.255 e. The Labute approximate surface area is 180 Å². The summed E-state index contributed by atoms with van der Waals surface area (Å²) in [5.74, 6) is -6.26. The lowest BCUT2D eigenvalue weighted by Gasteiger charge is -2.19. The van der Waals surface area contributed by atoms with E-state index in [9.17, 15) is 22.4 Å². The molecule has 2 N–H and O–H groups in total. The molecule has 8 nitrogen and oxygen atoms in total. The molecule has 2 aromatic rings. The topological polar surface area (TPSA) is 98.5 Å². The van der Waals surface area contributed by atoms with Gasteiger partial charge in [0.05, 0.1) is 31.3 Å². The largest absolute Gasteiger partial charge is 0.491 e. The number of rotatable bonds is 8. The molecule has 0 spiro atoms.